The van der Waals surface area contributed by atoms with Crippen LogP contribution in [0.15, 0.2) is 12.3 Å². The second kappa shape index (κ2) is 6.97. The van der Waals surface area contributed by atoms with Crippen molar-refractivity contribution < 1.29 is 14.7 Å². The van der Waals surface area contributed by atoms with Gasteiger partial charge in [-0.2, -0.15) is 0 Å². The first kappa shape index (κ1) is 15.3. The lowest BCUT2D eigenvalue weighted by Crippen LogP contribution is -2.14. The molecule has 1 aromatic rings. The van der Waals surface area contributed by atoms with Gasteiger partial charge in [0.1, 0.15) is 0 Å². The first-order valence-electron chi connectivity index (χ1n) is 6.71. The fourth-order valence-corrected chi connectivity index (χ4v) is 2.41. The number of aryl methyl sites for hydroxylation is 1. The van der Waals surface area contributed by atoms with Crippen molar-refractivity contribution >= 4 is 11.9 Å². The molecule has 0 fully saturated rings. The number of hydrogen-bond acceptors (Lipinski definition) is 2. The number of rotatable bonds is 8. The first-order chi connectivity index (χ1) is 9.01. The molecule has 1 aromatic heterocycles. The number of nitrogens with two attached hydrogens (primary N) is 1. The number of carboxylic acid groups (broad SMARTS) is 1. The lowest BCUT2D eigenvalue weighted by atomic mass is 9.96. The molecular formula is C14H22N2O3. The molecule has 0 aliphatic heterocycles. The third-order valence-electron chi connectivity index (χ3n) is 3.43. The standard InChI is InChI=1S/C14H22N2O3/c1-3-10(4-2)13-11(14(18)19)7-9-16(13)8-5-6-12(15)17/h7,9-10H,3-6,8H2,1-2H3,(H2,15,17)(H,18,19). The number of carbonyl (C=O) groups excluding carboxylic acids is 1. The molecule has 0 saturated heterocycles. The predicted molar refractivity (Wildman–Crippen MR) is 73.1 cm³/mol. The van der Waals surface area contributed by atoms with E-state index in [9.17, 15) is 14.7 Å². The molecule has 0 aliphatic rings. The number of carbonyl (C=O) groups is 2. The quantitative estimate of drug-likeness (QED) is 0.757. The SMILES string of the molecule is CCC(CC)c1c(C(=O)O)ccn1CCCC(N)=O. The second-order valence-corrected chi connectivity index (χ2v) is 4.70. The Morgan fingerprint density at radius 2 is 2.00 bits per heavy atom. The highest BCUT2D eigenvalue weighted by Gasteiger charge is 2.21. The highest BCUT2D eigenvalue weighted by molar-refractivity contribution is 5.89. The van der Waals surface area contributed by atoms with E-state index >= 15 is 0 Å². The molecule has 1 rings (SSSR count). The predicted octanol–water partition coefficient (Wildman–Crippen LogP) is 2.36. The summed E-state index contributed by atoms with van der Waals surface area (Å²) in [5.41, 5.74) is 6.35. The number of nitrogens with zero attached hydrogens (tertiary/aromatic N) is 1. The highest BCUT2D eigenvalue weighted by Crippen LogP contribution is 2.27. The van der Waals surface area contributed by atoms with E-state index in [-0.39, 0.29) is 11.8 Å². The Labute approximate surface area is 113 Å². The van der Waals surface area contributed by atoms with Crippen molar-refractivity contribution in [3.8, 4) is 0 Å². The molecule has 19 heavy (non-hydrogen) atoms. The zero-order valence-electron chi connectivity index (χ0n) is 11.6. The van der Waals surface area contributed by atoms with Crippen LogP contribution in [0, 0.1) is 0 Å². The molecule has 0 spiro atoms. The summed E-state index contributed by atoms with van der Waals surface area (Å²) in [4.78, 5) is 22.0. The van der Waals surface area contributed by atoms with Gasteiger partial charge >= 0.3 is 5.97 Å². The van der Waals surface area contributed by atoms with Gasteiger partial charge in [-0.25, -0.2) is 4.79 Å². The zero-order valence-corrected chi connectivity index (χ0v) is 11.6. The summed E-state index contributed by atoms with van der Waals surface area (Å²) in [5.74, 6) is -0.986. The molecule has 1 heterocycles. The van der Waals surface area contributed by atoms with Crippen molar-refractivity contribution in [2.45, 2.75) is 52.0 Å². The average molecular weight is 266 g/mol. The molecule has 0 aliphatic carbocycles. The van der Waals surface area contributed by atoms with Crippen LogP contribution in [0.5, 0.6) is 0 Å². The summed E-state index contributed by atoms with van der Waals surface area (Å²) in [6, 6.07) is 1.64. The van der Waals surface area contributed by atoms with Crippen molar-refractivity contribution in [2.75, 3.05) is 0 Å². The van der Waals surface area contributed by atoms with Crippen molar-refractivity contribution in [3.05, 3.63) is 23.5 Å². The maximum absolute atomic E-state index is 11.3. The van der Waals surface area contributed by atoms with Gasteiger partial charge in [-0.05, 0) is 31.2 Å². The van der Waals surface area contributed by atoms with Crippen molar-refractivity contribution in [1.29, 1.82) is 0 Å². The van der Waals surface area contributed by atoms with Crippen molar-refractivity contribution in [3.63, 3.8) is 0 Å². The normalized spacial score (nSPS) is 10.9. The number of aromatic carboxylic acids is 1. The van der Waals surface area contributed by atoms with Crippen molar-refractivity contribution in [2.24, 2.45) is 5.73 Å². The Morgan fingerprint density at radius 3 is 2.47 bits per heavy atom. The number of carboxylic acids is 1. The summed E-state index contributed by atoms with van der Waals surface area (Å²) < 4.78 is 1.95. The first-order valence-corrected chi connectivity index (χ1v) is 6.71. The molecule has 0 radical (unpaired) electrons. The van der Waals surface area contributed by atoms with E-state index in [4.69, 9.17) is 5.73 Å². The van der Waals surface area contributed by atoms with Crippen LogP contribution in [0.1, 0.15) is 61.5 Å². The minimum atomic E-state index is -0.893. The van der Waals surface area contributed by atoms with Crippen LogP contribution < -0.4 is 5.73 Å². The summed E-state index contributed by atoms with van der Waals surface area (Å²) in [5, 5.41) is 9.25. The molecule has 5 heteroatoms. The molecule has 1 amide bonds. The van der Waals surface area contributed by atoms with Gasteiger partial charge in [0.2, 0.25) is 5.91 Å². The summed E-state index contributed by atoms with van der Waals surface area (Å²) in [6.07, 6.45) is 4.55. The molecule has 106 valence electrons. The smallest absolute Gasteiger partial charge is 0.337 e. The van der Waals surface area contributed by atoms with Gasteiger partial charge in [0, 0.05) is 24.9 Å². The van der Waals surface area contributed by atoms with Crippen LogP contribution in [0.2, 0.25) is 0 Å². The number of hydrogen-bond donors (Lipinski definition) is 2. The lowest BCUT2D eigenvalue weighted by molar-refractivity contribution is -0.118. The fraction of sp³-hybridized carbons (Fsp3) is 0.571. The van der Waals surface area contributed by atoms with E-state index in [2.05, 4.69) is 13.8 Å². The van der Waals surface area contributed by atoms with E-state index in [1.807, 2.05) is 4.57 Å². The Kier molecular flexibility index (Phi) is 5.60. The maximum Gasteiger partial charge on any atom is 0.337 e. The van der Waals surface area contributed by atoms with E-state index < -0.39 is 5.97 Å². The highest BCUT2D eigenvalue weighted by atomic mass is 16.4. The van der Waals surface area contributed by atoms with Gasteiger partial charge in [-0.3, -0.25) is 4.79 Å². The number of primary amides is 1. The Bertz CT molecular complexity index is 448. The minimum absolute atomic E-state index is 0.231. The van der Waals surface area contributed by atoms with Crippen LogP contribution in [0.25, 0.3) is 0 Å². The van der Waals surface area contributed by atoms with Gasteiger partial charge < -0.3 is 15.4 Å². The molecule has 0 saturated carbocycles. The minimum Gasteiger partial charge on any atom is -0.478 e. The van der Waals surface area contributed by atoms with E-state index in [0.29, 0.717) is 24.9 Å². The van der Waals surface area contributed by atoms with Crippen LogP contribution >= 0.6 is 0 Å². The van der Waals surface area contributed by atoms with Gasteiger partial charge in [-0.1, -0.05) is 13.8 Å². The molecule has 0 atom stereocenters. The van der Waals surface area contributed by atoms with Crippen LogP contribution in [0.4, 0.5) is 0 Å². The summed E-state index contributed by atoms with van der Waals surface area (Å²) in [7, 11) is 0. The maximum atomic E-state index is 11.3. The molecular weight excluding hydrogens is 244 g/mol. The molecule has 3 N–H and O–H groups in total. The number of amides is 1. The van der Waals surface area contributed by atoms with E-state index in [1.165, 1.54) is 0 Å². The largest absolute Gasteiger partial charge is 0.478 e. The second-order valence-electron chi connectivity index (χ2n) is 4.70. The summed E-state index contributed by atoms with van der Waals surface area (Å²) >= 11 is 0. The molecule has 0 aromatic carbocycles. The molecule has 0 unspecified atom stereocenters. The lowest BCUT2D eigenvalue weighted by Gasteiger charge is -2.18. The van der Waals surface area contributed by atoms with Crippen LogP contribution in [0.3, 0.4) is 0 Å². The fourth-order valence-electron chi connectivity index (χ4n) is 2.41. The van der Waals surface area contributed by atoms with Crippen molar-refractivity contribution in [1.82, 2.24) is 4.57 Å². The monoisotopic (exact) mass is 266 g/mol. The Morgan fingerprint density at radius 1 is 1.37 bits per heavy atom. The third-order valence-corrected chi connectivity index (χ3v) is 3.43. The van der Waals surface area contributed by atoms with E-state index in [1.54, 1.807) is 12.3 Å². The van der Waals surface area contributed by atoms with Crippen LogP contribution in [-0.4, -0.2) is 21.6 Å². The zero-order chi connectivity index (χ0) is 14.4. The van der Waals surface area contributed by atoms with Crippen LogP contribution in [-0.2, 0) is 11.3 Å². The Hall–Kier alpha value is -1.78. The van der Waals surface area contributed by atoms with Gasteiger partial charge in [0.05, 0.1) is 5.56 Å². The topological polar surface area (TPSA) is 85.3 Å². The third kappa shape index (κ3) is 3.84. The van der Waals surface area contributed by atoms with Gasteiger partial charge in [0.25, 0.3) is 0 Å². The number of aromatic nitrogens is 1. The van der Waals surface area contributed by atoms with E-state index in [0.717, 1.165) is 18.5 Å². The average Bonchev–Trinajstić information content (AvgIpc) is 2.75. The molecule has 0 bridgehead atoms. The van der Waals surface area contributed by atoms with Gasteiger partial charge in [0.15, 0.2) is 0 Å². The summed E-state index contributed by atoms with van der Waals surface area (Å²) in [6.45, 7) is 4.74. The Balaban J connectivity index is 2.97. The molecule has 5 nitrogen and oxygen atoms in total. The van der Waals surface area contributed by atoms with Gasteiger partial charge in [-0.15, -0.1) is 0 Å².